The highest BCUT2D eigenvalue weighted by molar-refractivity contribution is 5.32. The SMILES string of the molecule is COc1cccc(OCCCCN2CCCCCC2)c1. The minimum absolute atomic E-state index is 0.793. The van der Waals surface area contributed by atoms with Gasteiger partial charge in [0.15, 0.2) is 0 Å². The Hall–Kier alpha value is -1.22. The van der Waals surface area contributed by atoms with Crippen molar-refractivity contribution in [3.8, 4) is 11.5 Å². The van der Waals surface area contributed by atoms with Crippen LogP contribution in [0, 0.1) is 0 Å². The van der Waals surface area contributed by atoms with Crippen molar-refractivity contribution in [2.75, 3.05) is 33.4 Å². The smallest absolute Gasteiger partial charge is 0.122 e. The quantitative estimate of drug-likeness (QED) is 0.709. The Bertz CT molecular complexity index is 373. The molecule has 0 saturated carbocycles. The molecule has 0 radical (unpaired) electrons. The first kappa shape index (κ1) is 15.2. The maximum atomic E-state index is 5.76. The van der Waals surface area contributed by atoms with Crippen LogP contribution in [0.15, 0.2) is 24.3 Å². The first-order chi connectivity index (χ1) is 9.88. The Morgan fingerprint density at radius 3 is 2.50 bits per heavy atom. The average Bonchev–Trinajstić information content (AvgIpc) is 2.76. The largest absolute Gasteiger partial charge is 0.497 e. The van der Waals surface area contributed by atoms with Gasteiger partial charge in [-0.05, 0) is 57.5 Å². The maximum absolute atomic E-state index is 5.76. The predicted octanol–water partition coefficient (Wildman–Crippen LogP) is 3.73. The molecular weight excluding hydrogens is 250 g/mol. The van der Waals surface area contributed by atoms with E-state index in [0.717, 1.165) is 24.5 Å². The van der Waals surface area contributed by atoms with E-state index in [2.05, 4.69) is 4.90 Å². The van der Waals surface area contributed by atoms with E-state index < -0.39 is 0 Å². The minimum Gasteiger partial charge on any atom is -0.497 e. The standard InChI is InChI=1S/C17H27NO2/c1-19-16-9-8-10-17(15-16)20-14-7-6-13-18-11-4-2-3-5-12-18/h8-10,15H,2-7,11-14H2,1H3. The molecule has 0 N–H and O–H groups in total. The molecule has 0 spiro atoms. The lowest BCUT2D eigenvalue weighted by Gasteiger charge is -2.19. The lowest BCUT2D eigenvalue weighted by atomic mass is 10.2. The molecule has 1 aromatic carbocycles. The molecule has 1 saturated heterocycles. The lowest BCUT2D eigenvalue weighted by Crippen LogP contribution is -2.25. The molecule has 1 aromatic rings. The Balaban J connectivity index is 1.58. The molecule has 1 aliphatic rings. The summed E-state index contributed by atoms with van der Waals surface area (Å²) < 4.78 is 11.0. The second-order valence-corrected chi connectivity index (χ2v) is 5.49. The van der Waals surface area contributed by atoms with Gasteiger partial charge in [0.1, 0.15) is 11.5 Å². The summed E-state index contributed by atoms with van der Waals surface area (Å²) in [6.07, 6.45) is 7.92. The zero-order chi connectivity index (χ0) is 14.0. The van der Waals surface area contributed by atoms with Gasteiger partial charge in [-0.25, -0.2) is 0 Å². The molecule has 0 unspecified atom stereocenters. The van der Waals surface area contributed by atoms with Crippen LogP contribution < -0.4 is 9.47 Å². The van der Waals surface area contributed by atoms with E-state index in [4.69, 9.17) is 9.47 Å². The van der Waals surface area contributed by atoms with Crippen molar-refractivity contribution in [1.29, 1.82) is 0 Å². The van der Waals surface area contributed by atoms with Crippen molar-refractivity contribution >= 4 is 0 Å². The van der Waals surface area contributed by atoms with Crippen LogP contribution in [0.2, 0.25) is 0 Å². The zero-order valence-corrected chi connectivity index (χ0v) is 12.6. The number of hydrogen-bond donors (Lipinski definition) is 0. The Labute approximate surface area is 122 Å². The van der Waals surface area contributed by atoms with Crippen LogP contribution in [-0.2, 0) is 0 Å². The van der Waals surface area contributed by atoms with Gasteiger partial charge in [-0.1, -0.05) is 18.9 Å². The predicted molar refractivity (Wildman–Crippen MR) is 82.6 cm³/mol. The number of likely N-dealkylation sites (tertiary alicyclic amines) is 1. The third-order valence-electron chi connectivity index (χ3n) is 3.88. The fourth-order valence-electron chi connectivity index (χ4n) is 2.68. The van der Waals surface area contributed by atoms with Gasteiger partial charge in [0, 0.05) is 6.07 Å². The summed E-state index contributed by atoms with van der Waals surface area (Å²) in [6, 6.07) is 7.82. The molecule has 2 rings (SSSR count). The average molecular weight is 277 g/mol. The number of unbranched alkanes of at least 4 members (excludes halogenated alkanes) is 1. The number of hydrogen-bond acceptors (Lipinski definition) is 3. The van der Waals surface area contributed by atoms with Gasteiger partial charge >= 0.3 is 0 Å². The molecule has 20 heavy (non-hydrogen) atoms. The first-order valence-electron chi connectivity index (χ1n) is 7.88. The summed E-state index contributed by atoms with van der Waals surface area (Å²) in [6.45, 7) is 4.59. The van der Waals surface area contributed by atoms with Crippen molar-refractivity contribution < 1.29 is 9.47 Å². The van der Waals surface area contributed by atoms with Crippen LogP contribution in [0.5, 0.6) is 11.5 Å². The minimum atomic E-state index is 0.793. The van der Waals surface area contributed by atoms with E-state index in [1.165, 1.54) is 51.7 Å². The molecule has 1 heterocycles. The van der Waals surface area contributed by atoms with E-state index in [-0.39, 0.29) is 0 Å². The van der Waals surface area contributed by atoms with Crippen molar-refractivity contribution in [3.05, 3.63) is 24.3 Å². The van der Waals surface area contributed by atoms with E-state index in [1.54, 1.807) is 7.11 Å². The van der Waals surface area contributed by atoms with Crippen LogP contribution in [0.25, 0.3) is 0 Å². The van der Waals surface area contributed by atoms with Gasteiger partial charge in [-0.2, -0.15) is 0 Å². The molecule has 1 aliphatic heterocycles. The van der Waals surface area contributed by atoms with Crippen molar-refractivity contribution in [1.82, 2.24) is 4.90 Å². The van der Waals surface area contributed by atoms with Gasteiger partial charge in [0.2, 0.25) is 0 Å². The molecule has 1 fully saturated rings. The highest BCUT2D eigenvalue weighted by atomic mass is 16.5. The third kappa shape index (κ3) is 5.41. The Kier molecular flexibility index (Phi) is 6.72. The maximum Gasteiger partial charge on any atom is 0.122 e. The molecule has 0 bridgehead atoms. The molecule has 0 amide bonds. The van der Waals surface area contributed by atoms with E-state index in [1.807, 2.05) is 24.3 Å². The second-order valence-electron chi connectivity index (χ2n) is 5.49. The summed E-state index contributed by atoms with van der Waals surface area (Å²) in [5.74, 6) is 1.76. The summed E-state index contributed by atoms with van der Waals surface area (Å²) in [5.41, 5.74) is 0. The normalized spacial score (nSPS) is 16.6. The van der Waals surface area contributed by atoms with Gasteiger partial charge in [-0.15, -0.1) is 0 Å². The van der Waals surface area contributed by atoms with Crippen LogP contribution in [0.1, 0.15) is 38.5 Å². The monoisotopic (exact) mass is 277 g/mol. The van der Waals surface area contributed by atoms with Gasteiger partial charge < -0.3 is 14.4 Å². The number of nitrogens with zero attached hydrogens (tertiary/aromatic N) is 1. The van der Waals surface area contributed by atoms with Crippen LogP contribution in [-0.4, -0.2) is 38.3 Å². The molecule has 3 heteroatoms. The number of ether oxygens (including phenoxy) is 2. The summed E-state index contributed by atoms with van der Waals surface area (Å²) >= 11 is 0. The number of benzene rings is 1. The van der Waals surface area contributed by atoms with Crippen LogP contribution >= 0.6 is 0 Å². The van der Waals surface area contributed by atoms with Crippen molar-refractivity contribution in [2.45, 2.75) is 38.5 Å². The van der Waals surface area contributed by atoms with Gasteiger partial charge in [-0.3, -0.25) is 0 Å². The molecule has 3 nitrogen and oxygen atoms in total. The number of rotatable bonds is 7. The highest BCUT2D eigenvalue weighted by Crippen LogP contribution is 2.19. The van der Waals surface area contributed by atoms with Crippen molar-refractivity contribution in [3.63, 3.8) is 0 Å². The zero-order valence-electron chi connectivity index (χ0n) is 12.6. The van der Waals surface area contributed by atoms with E-state index in [0.29, 0.717) is 0 Å². The van der Waals surface area contributed by atoms with E-state index in [9.17, 15) is 0 Å². The van der Waals surface area contributed by atoms with Crippen LogP contribution in [0.3, 0.4) is 0 Å². The number of methoxy groups -OCH3 is 1. The summed E-state index contributed by atoms with van der Waals surface area (Å²) in [7, 11) is 1.68. The highest BCUT2D eigenvalue weighted by Gasteiger charge is 2.07. The second kappa shape index (κ2) is 8.85. The van der Waals surface area contributed by atoms with Gasteiger partial charge in [0.25, 0.3) is 0 Å². The van der Waals surface area contributed by atoms with Crippen molar-refractivity contribution in [2.24, 2.45) is 0 Å². The fraction of sp³-hybridized carbons (Fsp3) is 0.647. The Morgan fingerprint density at radius 2 is 1.75 bits per heavy atom. The van der Waals surface area contributed by atoms with Crippen LogP contribution in [0.4, 0.5) is 0 Å². The summed E-state index contributed by atoms with van der Waals surface area (Å²) in [5, 5.41) is 0. The molecule has 0 aromatic heterocycles. The fourth-order valence-corrected chi connectivity index (χ4v) is 2.68. The third-order valence-corrected chi connectivity index (χ3v) is 3.88. The summed E-state index contributed by atoms with van der Waals surface area (Å²) in [4.78, 5) is 2.61. The molecule has 112 valence electrons. The lowest BCUT2D eigenvalue weighted by molar-refractivity contribution is 0.256. The Morgan fingerprint density at radius 1 is 1.00 bits per heavy atom. The van der Waals surface area contributed by atoms with Gasteiger partial charge in [0.05, 0.1) is 13.7 Å². The molecule has 0 atom stereocenters. The molecular formula is C17H27NO2. The first-order valence-corrected chi connectivity index (χ1v) is 7.88. The topological polar surface area (TPSA) is 21.7 Å². The van der Waals surface area contributed by atoms with E-state index >= 15 is 0 Å². The molecule has 0 aliphatic carbocycles.